The van der Waals surface area contributed by atoms with E-state index < -0.39 is 12.2 Å². The normalized spacial score (nSPS) is 16.4. The van der Waals surface area contributed by atoms with Gasteiger partial charge in [0.05, 0.1) is 12.0 Å². The highest BCUT2D eigenvalue weighted by atomic mass is 16.5. The number of nitrogens with zero attached hydrogens (tertiary/aromatic N) is 1. The van der Waals surface area contributed by atoms with Gasteiger partial charge in [0.1, 0.15) is 24.2 Å². The van der Waals surface area contributed by atoms with Crippen LogP contribution in [0.5, 0.6) is 5.75 Å². The zero-order valence-corrected chi connectivity index (χ0v) is 17.2. The number of aliphatic hydroxyl groups excluding tert-OH is 1. The Labute approximate surface area is 180 Å². The van der Waals surface area contributed by atoms with Crippen molar-refractivity contribution in [1.29, 1.82) is 0 Å². The number of ether oxygens (including phenoxy) is 1. The van der Waals surface area contributed by atoms with E-state index >= 15 is 0 Å². The first-order valence-corrected chi connectivity index (χ1v) is 10.2. The van der Waals surface area contributed by atoms with Crippen LogP contribution in [0.25, 0.3) is 0 Å². The Balaban J connectivity index is 1.56. The Morgan fingerprint density at radius 1 is 1.16 bits per heavy atom. The summed E-state index contributed by atoms with van der Waals surface area (Å²) in [6.45, 7) is 2.09. The number of hydrogen-bond donors (Lipinski definition) is 2. The van der Waals surface area contributed by atoms with Crippen molar-refractivity contribution in [2.75, 3.05) is 11.4 Å². The van der Waals surface area contributed by atoms with E-state index in [0.29, 0.717) is 35.7 Å². The van der Waals surface area contributed by atoms with E-state index in [1.807, 2.05) is 37.3 Å². The van der Waals surface area contributed by atoms with Crippen molar-refractivity contribution >= 4 is 17.5 Å². The van der Waals surface area contributed by atoms with E-state index in [9.17, 15) is 14.7 Å². The van der Waals surface area contributed by atoms with Gasteiger partial charge in [-0.15, -0.1) is 0 Å². The van der Waals surface area contributed by atoms with E-state index in [1.165, 1.54) is 11.2 Å². The average Bonchev–Trinajstić information content (AvgIpc) is 3.34. The fraction of sp³-hybridized carbons (Fsp3) is 0.250. The van der Waals surface area contributed by atoms with Gasteiger partial charge in [-0.2, -0.15) is 0 Å². The smallest absolute Gasteiger partial charge is 0.268 e. The number of aliphatic hydroxyl groups is 1. The predicted octanol–water partition coefficient (Wildman–Crippen LogP) is 3.18. The molecule has 0 fully saturated rings. The summed E-state index contributed by atoms with van der Waals surface area (Å²) in [5, 5.41) is 13.5. The molecule has 31 heavy (non-hydrogen) atoms. The number of rotatable bonds is 7. The lowest BCUT2D eigenvalue weighted by molar-refractivity contribution is -0.129. The van der Waals surface area contributed by atoms with E-state index in [2.05, 4.69) is 5.32 Å². The topological polar surface area (TPSA) is 92.0 Å². The van der Waals surface area contributed by atoms with Crippen LogP contribution in [0.15, 0.2) is 71.3 Å². The molecule has 0 saturated heterocycles. The Bertz CT molecular complexity index is 1050. The summed E-state index contributed by atoms with van der Waals surface area (Å²) >= 11 is 0. The fourth-order valence-electron chi connectivity index (χ4n) is 3.54. The van der Waals surface area contributed by atoms with Gasteiger partial charge in [-0.3, -0.25) is 14.5 Å². The quantitative estimate of drug-likeness (QED) is 0.613. The van der Waals surface area contributed by atoms with Crippen LogP contribution in [-0.2, 0) is 16.1 Å². The standard InChI is InChI=1S/C24H24N2O5/c1-2-19-24(29)26(15-22(27)25-14-16-7-4-3-5-8-16)18-13-17(10-11-20(18)31-19)23(28)21-9-6-12-30-21/h3-13,19,23,28H,2,14-15H2,1H3,(H,25,27)/t19-,23-/m1/s1. The third-order valence-electron chi connectivity index (χ3n) is 5.22. The molecule has 1 aromatic heterocycles. The first-order valence-electron chi connectivity index (χ1n) is 10.2. The summed E-state index contributed by atoms with van der Waals surface area (Å²) in [7, 11) is 0. The van der Waals surface area contributed by atoms with E-state index in [1.54, 1.807) is 30.3 Å². The number of nitrogens with one attached hydrogen (secondary N) is 1. The Morgan fingerprint density at radius 3 is 2.68 bits per heavy atom. The maximum absolute atomic E-state index is 13.0. The molecule has 2 N–H and O–H groups in total. The highest BCUT2D eigenvalue weighted by Crippen LogP contribution is 2.37. The van der Waals surface area contributed by atoms with Gasteiger partial charge in [0.25, 0.3) is 5.91 Å². The molecule has 0 unspecified atom stereocenters. The zero-order valence-electron chi connectivity index (χ0n) is 17.2. The molecule has 1 aliphatic heterocycles. The van der Waals surface area contributed by atoms with Crippen LogP contribution in [0.4, 0.5) is 5.69 Å². The first kappa shape index (κ1) is 20.7. The monoisotopic (exact) mass is 420 g/mol. The summed E-state index contributed by atoms with van der Waals surface area (Å²) in [4.78, 5) is 27.0. The summed E-state index contributed by atoms with van der Waals surface area (Å²) in [6.07, 6.45) is 0.319. The molecular formula is C24H24N2O5. The number of carbonyl (C=O) groups is 2. The molecule has 0 radical (unpaired) electrons. The number of carbonyl (C=O) groups excluding carboxylic acids is 2. The maximum atomic E-state index is 13.0. The van der Waals surface area contributed by atoms with Crippen molar-refractivity contribution in [3.63, 3.8) is 0 Å². The molecule has 0 saturated carbocycles. The molecule has 2 heterocycles. The zero-order chi connectivity index (χ0) is 21.8. The van der Waals surface area contributed by atoms with Crippen molar-refractivity contribution in [2.45, 2.75) is 32.1 Å². The molecule has 7 heteroatoms. The number of anilines is 1. The van der Waals surface area contributed by atoms with E-state index in [-0.39, 0.29) is 18.4 Å². The van der Waals surface area contributed by atoms with Crippen molar-refractivity contribution in [1.82, 2.24) is 5.32 Å². The van der Waals surface area contributed by atoms with Crippen LogP contribution in [-0.4, -0.2) is 29.6 Å². The summed E-state index contributed by atoms with van der Waals surface area (Å²) < 4.78 is 11.1. The van der Waals surface area contributed by atoms with Crippen molar-refractivity contribution < 1.29 is 23.8 Å². The lowest BCUT2D eigenvalue weighted by Gasteiger charge is -2.34. The van der Waals surface area contributed by atoms with Crippen molar-refractivity contribution in [3.05, 3.63) is 83.8 Å². The molecular weight excluding hydrogens is 396 g/mol. The molecule has 7 nitrogen and oxygen atoms in total. The minimum atomic E-state index is -0.993. The SMILES string of the molecule is CC[C@H]1Oc2ccc([C@@H](O)c3ccco3)cc2N(CC(=O)NCc2ccccc2)C1=O. The Morgan fingerprint density at radius 2 is 1.97 bits per heavy atom. The minimum Gasteiger partial charge on any atom is -0.478 e. The highest BCUT2D eigenvalue weighted by molar-refractivity contribution is 6.03. The van der Waals surface area contributed by atoms with Gasteiger partial charge in [0, 0.05) is 6.54 Å². The van der Waals surface area contributed by atoms with Gasteiger partial charge in [-0.05, 0) is 41.8 Å². The molecule has 2 amide bonds. The fourth-order valence-corrected chi connectivity index (χ4v) is 3.54. The third kappa shape index (κ3) is 4.46. The largest absolute Gasteiger partial charge is 0.478 e. The van der Waals surface area contributed by atoms with Crippen LogP contribution in [0.3, 0.4) is 0 Å². The van der Waals surface area contributed by atoms with Gasteiger partial charge in [-0.25, -0.2) is 0 Å². The van der Waals surface area contributed by atoms with Crippen LogP contribution in [0, 0.1) is 0 Å². The van der Waals surface area contributed by atoms with Gasteiger partial charge in [-0.1, -0.05) is 43.3 Å². The lowest BCUT2D eigenvalue weighted by atomic mass is 10.0. The van der Waals surface area contributed by atoms with Crippen LogP contribution < -0.4 is 15.0 Å². The molecule has 160 valence electrons. The third-order valence-corrected chi connectivity index (χ3v) is 5.22. The molecule has 0 aliphatic carbocycles. The predicted molar refractivity (Wildman–Crippen MR) is 115 cm³/mol. The van der Waals surface area contributed by atoms with Gasteiger partial charge in [0.2, 0.25) is 5.91 Å². The highest BCUT2D eigenvalue weighted by Gasteiger charge is 2.35. The van der Waals surface area contributed by atoms with Gasteiger partial charge in [0.15, 0.2) is 6.10 Å². The molecule has 3 aromatic rings. The van der Waals surface area contributed by atoms with Gasteiger partial charge < -0.3 is 19.6 Å². The summed E-state index contributed by atoms with van der Waals surface area (Å²) in [6, 6.07) is 18.0. The molecule has 0 bridgehead atoms. The van der Waals surface area contributed by atoms with Crippen molar-refractivity contribution in [2.24, 2.45) is 0 Å². The number of fused-ring (bicyclic) bond motifs is 1. The lowest BCUT2D eigenvalue weighted by Crippen LogP contribution is -2.49. The summed E-state index contributed by atoms with van der Waals surface area (Å²) in [5.41, 5.74) is 1.96. The number of hydrogen-bond acceptors (Lipinski definition) is 5. The summed E-state index contributed by atoms with van der Waals surface area (Å²) in [5.74, 6) is 0.325. The second-order valence-corrected chi connectivity index (χ2v) is 7.35. The van der Waals surface area contributed by atoms with E-state index in [0.717, 1.165) is 5.56 Å². The molecule has 2 atom stereocenters. The van der Waals surface area contributed by atoms with E-state index in [4.69, 9.17) is 9.15 Å². The average molecular weight is 420 g/mol. The second kappa shape index (κ2) is 9.06. The van der Waals surface area contributed by atoms with Gasteiger partial charge >= 0.3 is 0 Å². The molecule has 0 spiro atoms. The van der Waals surface area contributed by atoms with Crippen LogP contribution >= 0.6 is 0 Å². The molecule has 2 aromatic carbocycles. The number of benzene rings is 2. The Hall–Kier alpha value is -3.58. The maximum Gasteiger partial charge on any atom is 0.268 e. The van der Waals surface area contributed by atoms with Crippen LogP contribution in [0.1, 0.15) is 36.3 Å². The van der Waals surface area contributed by atoms with Crippen LogP contribution in [0.2, 0.25) is 0 Å². The Kier molecular flexibility index (Phi) is 6.04. The second-order valence-electron chi connectivity index (χ2n) is 7.35. The molecule has 1 aliphatic rings. The minimum absolute atomic E-state index is 0.140. The number of amides is 2. The molecule has 4 rings (SSSR count). The first-order chi connectivity index (χ1) is 15.1. The number of furan rings is 1. The van der Waals surface area contributed by atoms with Crippen molar-refractivity contribution in [3.8, 4) is 5.75 Å².